The number of ether oxygens (including phenoxy) is 1. The van der Waals surface area contributed by atoms with Crippen LogP contribution in [0.1, 0.15) is 32.4 Å². The Balaban J connectivity index is 2.87. The first kappa shape index (κ1) is 16.4. The highest BCUT2D eigenvalue weighted by Crippen LogP contribution is 2.42. The molecule has 0 saturated carbocycles. The van der Waals surface area contributed by atoms with Crippen molar-refractivity contribution in [3.8, 4) is 0 Å². The molecule has 0 aliphatic heterocycles. The van der Waals surface area contributed by atoms with Gasteiger partial charge >= 0.3 is 0 Å². The van der Waals surface area contributed by atoms with Gasteiger partial charge in [0.25, 0.3) is 0 Å². The third kappa shape index (κ3) is 4.75. The molecule has 0 heterocycles. The molecule has 0 saturated heterocycles. The Kier molecular flexibility index (Phi) is 5.77. The van der Waals surface area contributed by atoms with Gasteiger partial charge in [0, 0.05) is 0 Å². The second-order valence-electron chi connectivity index (χ2n) is 6.83. The number of hydrogen-bond donors (Lipinski definition) is 1. The zero-order chi connectivity index (χ0) is 14.5. The van der Waals surface area contributed by atoms with Crippen molar-refractivity contribution in [1.29, 1.82) is 0 Å². The van der Waals surface area contributed by atoms with Crippen molar-refractivity contribution in [3.63, 3.8) is 0 Å². The standard InChI is InChI=1S/C16H28O2Si/c1-16(2,3)19(4,5)13-15(18-12-11-17)14-9-7-6-8-10-14/h6-10,15,17H,11-13H2,1-5H3. The zero-order valence-electron chi connectivity index (χ0n) is 12.9. The van der Waals surface area contributed by atoms with Crippen LogP contribution >= 0.6 is 0 Å². The van der Waals surface area contributed by atoms with Crippen LogP contribution in [0.4, 0.5) is 0 Å². The number of rotatable bonds is 6. The maximum Gasteiger partial charge on any atom is 0.0802 e. The highest BCUT2D eigenvalue weighted by molar-refractivity contribution is 6.80. The van der Waals surface area contributed by atoms with Gasteiger partial charge in [0.15, 0.2) is 0 Å². The van der Waals surface area contributed by atoms with E-state index in [9.17, 15) is 0 Å². The Morgan fingerprint density at radius 1 is 1.16 bits per heavy atom. The number of benzene rings is 1. The molecule has 1 atom stereocenters. The maximum absolute atomic E-state index is 9.01. The summed E-state index contributed by atoms with van der Waals surface area (Å²) in [5.41, 5.74) is 1.22. The molecule has 0 aromatic heterocycles. The SMILES string of the molecule is CC(C)(C)[Si](C)(C)CC(OCCO)c1ccccc1. The van der Waals surface area contributed by atoms with E-state index in [1.54, 1.807) is 0 Å². The van der Waals surface area contributed by atoms with Crippen LogP contribution in [0, 0.1) is 0 Å². The van der Waals surface area contributed by atoms with Gasteiger partial charge in [-0.1, -0.05) is 64.2 Å². The molecule has 0 aliphatic carbocycles. The van der Waals surface area contributed by atoms with Crippen LogP contribution in [0.25, 0.3) is 0 Å². The minimum atomic E-state index is -1.41. The van der Waals surface area contributed by atoms with Gasteiger partial charge in [0.05, 0.1) is 27.4 Å². The highest BCUT2D eigenvalue weighted by Gasteiger charge is 2.37. The molecule has 1 rings (SSSR count). The predicted molar refractivity (Wildman–Crippen MR) is 84.2 cm³/mol. The molecule has 0 bridgehead atoms. The Bertz CT molecular complexity index is 368. The molecule has 19 heavy (non-hydrogen) atoms. The van der Waals surface area contributed by atoms with Crippen molar-refractivity contribution in [3.05, 3.63) is 35.9 Å². The smallest absolute Gasteiger partial charge is 0.0802 e. The van der Waals surface area contributed by atoms with Crippen molar-refractivity contribution in [2.45, 2.75) is 51.1 Å². The third-order valence-corrected chi connectivity index (χ3v) is 9.76. The molecule has 3 heteroatoms. The molecular weight excluding hydrogens is 252 g/mol. The van der Waals surface area contributed by atoms with Crippen molar-refractivity contribution in [2.24, 2.45) is 0 Å². The van der Waals surface area contributed by atoms with Crippen LogP contribution in [0.2, 0.25) is 24.2 Å². The van der Waals surface area contributed by atoms with E-state index < -0.39 is 8.07 Å². The van der Waals surface area contributed by atoms with Gasteiger partial charge in [-0.2, -0.15) is 0 Å². The largest absolute Gasteiger partial charge is 0.394 e. The summed E-state index contributed by atoms with van der Waals surface area (Å²) >= 11 is 0. The lowest BCUT2D eigenvalue weighted by atomic mass is 10.1. The summed E-state index contributed by atoms with van der Waals surface area (Å²) in [5, 5.41) is 9.36. The first-order chi connectivity index (χ1) is 8.78. The Morgan fingerprint density at radius 2 is 1.74 bits per heavy atom. The van der Waals surface area contributed by atoms with E-state index in [-0.39, 0.29) is 12.7 Å². The van der Waals surface area contributed by atoms with Gasteiger partial charge in [0.2, 0.25) is 0 Å². The molecule has 1 aromatic carbocycles. The van der Waals surface area contributed by atoms with Gasteiger partial charge in [0.1, 0.15) is 0 Å². The Hall–Kier alpha value is -0.643. The van der Waals surface area contributed by atoms with Crippen LogP contribution in [0.15, 0.2) is 30.3 Å². The lowest BCUT2D eigenvalue weighted by Crippen LogP contribution is -2.39. The number of hydrogen-bond acceptors (Lipinski definition) is 2. The summed E-state index contributed by atoms with van der Waals surface area (Å²) in [6.07, 6.45) is 0.106. The molecule has 1 aromatic rings. The molecular formula is C16H28O2Si. The van der Waals surface area contributed by atoms with Crippen molar-refractivity contribution in [1.82, 2.24) is 0 Å². The summed E-state index contributed by atoms with van der Waals surface area (Å²) in [6, 6.07) is 11.5. The summed E-state index contributed by atoms with van der Waals surface area (Å²) in [7, 11) is -1.41. The monoisotopic (exact) mass is 280 g/mol. The van der Waals surface area contributed by atoms with E-state index in [0.717, 1.165) is 6.04 Å². The molecule has 1 N–H and O–H groups in total. The van der Waals surface area contributed by atoms with E-state index in [0.29, 0.717) is 11.6 Å². The topological polar surface area (TPSA) is 29.5 Å². The molecule has 2 nitrogen and oxygen atoms in total. The molecule has 108 valence electrons. The Labute approximate surface area is 118 Å². The normalized spacial score (nSPS) is 14.4. The molecule has 0 fully saturated rings. The summed E-state index contributed by atoms with van der Waals surface area (Å²) < 4.78 is 5.89. The number of aliphatic hydroxyl groups excluding tert-OH is 1. The van der Waals surface area contributed by atoms with Crippen LogP contribution in [0.3, 0.4) is 0 Å². The average Bonchev–Trinajstić information content (AvgIpc) is 2.34. The molecule has 1 unspecified atom stereocenters. The highest BCUT2D eigenvalue weighted by atomic mass is 28.3. The van der Waals surface area contributed by atoms with Crippen LogP contribution < -0.4 is 0 Å². The first-order valence-corrected chi connectivity index (χ1v) is 10.3. The quantitative estimate of drug-likeness (QED) is 0.790. The van der Waals surface area contributed by atoms with Gasteiger partial charge < -0.3 is 9.84 Å². The zero-order valence-corrected chi connectivity index (χ0v) is 13.9. The van der Waals surface area contributed by atoms with Gasteiger partial charge in [-0.05, 0) is 16.6 Å². The third-order valence-electron chi connectivity index (χ3n) is 4.31. The maximum atomic E-state index is 9.01. The second kappa shape index (κ2) is 6.68. The van der Waals surface area contributed by atoms with Gasteiger partial charge in [-0.15, -0.1) is 0 Å². The minimum absolute atomic E-state index is 0.0842. The fraction of sp³-hybridized carbons (Fsp3) is 0.625. The van der Waals surface area contributed by atoms with Crippen molar-refractivity contribution in [2.75, 3.05) is 13.2 Å². The van der Waals surface area contributed by atoms with Crippen LogP contribution in [-0.4, -0.2) is 26.4 Å². The molecule has 0 aliphatic rings. The van der Waals surface area contributed by atoms with E-state index >= 15 is 0 Å². The van der Waals surface area contributed by atoms with Crippen LogP contribution in [-0.2, 0) is 4.74 Å². The van der Waals surface area contributed by atoms with Crippen LogP contribution in [0.5, 0.6) is 0 Å². The predicted octanol–water partition coefficient (Wildman–Crippen LogP) is 4.25. The summed E-state index contributed by atoms with van der Waals surface area (Å²) in [4.78, 5) is 0. The number of aliphatic hydroxyl groups is 1. The Morgan fingerprint density at radius 3 is 2.21 bits per heavy atom. The van der Waals surface area contributed by atoms with Gasteiger partial charge in [-0.3, -0.25) is 0 Å². The average molecular weight is 280 g/mol. The van der Waals surface area contributed by atoms with E-state index in [1.165, 1.54) is 5.56 Å². The molecule has 0 amide bonds. The van der Waals surface area contributed by atoms with Crippen molar-refractivity contribution >= 4 is 8.07 Å². The van der Waals surface area contributed by atoms with Crippen molar-refractivity contribution < 1.29 is 9.84 Å². The van der Waals surface area contributed by atoms with E-state index in [1.807, 2.05) is 6.07 Å². The summed E-state index contributed by atoms with van der Waals surface area (Å²) in [5.74, 6) is 0. The van der Waals surface area contributed by atoms with E-state index in [4.69, 9.17) is 9.84 Å². The lowest BCUT2D eigenvalue weighted by molar-refractivity contribution is 0.0373. The second-order valence-corrected chi connectivity index (χ2v) is 12.5. The van der Waals surface area contributed by atoms with E-state index in [2.05, 4.69) is 58.1 Å². The fourth-order valence-corrected chi connectivity index (χ4v) is 3.80. The fourth-order valence-electron chi connectivity index (χ4n) is 1.91. The summed E-state index contributed by atoms with van der Waals surface area (Å²) in [6.45, 7) is 12.3. The van der Waals surface area contributed by atoms with Gasteiger partial charge in [-0.25, -0.2) is 0 Å². The minimum Gasteiger partial charge on any atom is -0.394 e. The molecule has 0 radical (unpaired) electrons. The lowest BCUT2D eigenvalue weighted by Gasteiger charge is -2.39. The molecule has 0 spiro atoms. The first-order valence-electron chi connectivity index (χ1n) is 7.05.